The van der Waals surface area contributed by atoms with Crippen molar-refractivity contribution in [2.75, 3.05) is 0 Å². The van der Waals surface area contributed by atoms with E-state index in [2.05, 4.69) is 32.0 Å². The van der Waals surface area contributed by atoms with Gasteiger partial charge in [0.25, 0.3) is 0 Å². The van der Waals surface area contributed by atoms with Crippen molar-refractivity contribution in [1.82, 2.24) is 0 Å². The number of carbonyl (C=O) groups is 1. The molecular weight excluding hydrogens is 332 g/mol. The van der Waals surface area contributed by atoms with Crippen molar-refractivity contribution < 1.29 is 4.79 Å². The Labute approximate surface area is 155 Å². The molecule has 1 nitrogen and oxygen atoms in total. The van der Waals surface area contributed by atoms with Crippen molar-refractivity contribution in [3.63, 3.8) is 0 Å². The molecule has 2 heterocycles. The lowest BCUT2D eigenvalue weighted by Crippen LogP contribution is -1.85. The van der Waals surface area contributed by atoms with Crippen LogP contribution in [0.1, 0.15) is 85.3 Å². The van der Waals surface area contributed by atoms with E-state index in [4.69, 9.17) is 0 Å². The fourth-order valence-electron chi connectivity index (χ4n) is 3.00. The number of aldehydes is 1. The minimum atomic E-state index is 0.869. The Bertz CT molecular complexity index is 609. The van der Waals surface area contributed by atoms with E-state index in [1.807, 2.05) is 11.3 Å². The second-order valence-corrected chi connectivity index (χ2v) is 8.76. The van der Waals surface area contributed by atoms with Crippen LogP contribution in [0.4, 0.5) is 0 Å². The monoisotopic (exact) mass is 362 g/mol. The molecule has 0 aliphatic carbocycles. The van der Waals surface area contributed by atoms with Gasteiger partial charge < -0.3 is 0 Å². The van der Waals surface area contributed by atoms with Crippen LogP contribution in [0.5, 0.6) is 0 Å². The van der Waals surface area contributed by atoms with E-state index in [0.29, 0.717) is 0 Å². The number of rotatable bonds is 12. The third-order valence-electron chi connectivity index (χ3n) is 4.41. The molecular formula is C21H30OS2. The summed E-state index contributed by atoms with van der Waals surface area (Å²) in [5.74, 6) is 0. The quantitative estimate of drug-likeness (QED) is 0.281. The fraction of sp³-hybridized carbons (Fsp3) is 0.571. The van der Waals surface area contributed by atoms with E-state index in [1.165, 1.54) is 78.0 Å². The molecule has 2 aromatic rings. The van der Waals surface area contributed by atoms with Gasteiger partial charge in [0, 0.05) is 14.6 Å². The third-order valence-corrected chi connectivity index (χ3v) is 6.83. The molecule has 0 radical (unpaired) electrons. The van der Waals surface area contributed by atoms with Crippen LogP contribution in [0.25, 0.3) is 9.75 Å². The molecule has 0 aliphatic heterocycles. The maximum atomic E-state index is 11.2. The topological polar surface area (TPSA) is 17.1 Å². The van der Waals surface area contributed by atoms with E-state index in [1.54, 1.807) is 11.3 Å². The first kappa shape index (κ1) is 19.4. The highest BCUT2D eigenvalue weighted by Crippen LogP contribution is 2.38. The summed E-state index contributed by atoms with van der Waals surface area (Å²) in [6.45, 7) is 4.50. The van der Waals surface area contributed by atoms with Gasteiger partial charge in [0.1, 0.15) is 0 Å². The SMILES string of the molecule is CCCCCCc1ccc(-c2sc(C=O)cc2CCCCCC)s1. The molecule has 0 aromatic carbocycles. The van der Waals surface area contributed by atoms with Crippen LogP contribution in [0, 0.1) is 0 Å². The van der Waals surface area contributed by atoms with Crippen LogP contribution < -0.4 is 0 Å². The zero-order valence-corrected chi connectivity index (χ0v) is 16.7. The molecule has 0 bridgehead atoms. The molecule has 0 aliphatic rings. The minimum absolute atomic E-state index is 0.869. The standard InChI is InChI=1S/C21H30OS2/c1-3-5-7-9-11-17-15-19(16-22)24-21(17)20-14-13-18(23-20)12-10-8-6-4-2/h13-16H,3-12H2,1-2H3. The van der Waals surface area contributed by atoms with Gasteiger partial charge in [0.2, 0.25) is 0 Å². The van der Waals surface area contributed by atoms with Gasteiger partial charge >= 0.3 is 0 Å². The Morgan fingerprint density at radius 3 is 2.25 bits per heavy atom. The van der Waals surface area contributed by atoms with Crippen molar-refractivity contribution in [3.05, 3.63) is 33.5 Å². The van der Waals surface area contributed by atoms with Crippen LogP contribution in [-0.4, -0.2) is 6.29 Å². The predicted molar refractivity (Wildman–Crippen MR) is 109 cm³/mol. The Kier molecular flexibility index (Phi) is 8.76. The van der Waals surface area contributed by atoms with Crippen molar-refractivity contribution in [3.8, 4) is 9.75 Å². The minimum Gasteiger partial charge on any atom is -0.297 e. The van der Waals surface area contributed by atoms with Crippen LogP contribution in [0.2, 0.25) is 0 Å². The summed E-state index contributed by atoms with van der Waals surface area (Å²) in [5, 5.41) is 0. The van der Waals surface area contributed by atoms with Crippen LogP contribution in [0.3, 0.4) is 0 Å². The Balaban J connectivity index is 2.02. The normalized spacial score (nSPS) is 11.1. The molecule has 0 atom stereocenters. The van der Waals surface area contributed by atoms with E-state index >= 15 is 0 Å². The van der Waals surface area contributed by atoms with E-state index in [9.17, 15) is 4.79 Å². The molecule has 0 saturated carbocycles. The lowest BCUT2D eigenvalue weighted by molar-refractivity contribution is 0.112. The molecule has 0 saturated heterocycles. The molecule has 3 heteroatoms. The lowest BCUT2D eigenvalue weighted by Gasteiger charge is -2.02. The summed E-state index contributed by atoms with van der Waals surface area (Å²) in [4.78, 5) is 16.2. The average Bonchev–Trinajstić information content (AvgIpc) is 3.22. The summed E-state index contributed by atoms with van der Waals surface area (Å²) < 4.78 is 0. The number of unbranched alkanes of at least 4 members (excludes halogenated alkanes) is 6. The number of thiophene rings is 2. The van der Waals surface area contributed by atoms with Crippen molar-refractivity contribution in [1.29, 1.82) is 0 Å². The second-order valence-electron chi connectivity index (χ2n) is 6.51. The van der Waals surface area contributed by atoms with Gasteiger partial charge in [0.15, 0.2) is 6.29 Å². The highest BCUT2D eigenvalue weighted by molar-refractivity contribution is 7.23. The highest BCUT2D eigenvalue weighted by Gasteiger charge is 2.13. The van der Waals surface area contributed by atoms with Crippen LogP contribution in [0.15, 0.2) is 18.2 Å². The number of carbonyl (C=O) groups excluding carboxylic acids is 1. The van der Waals surface area contributed by atoms with Gasteiger partial charge in [0.05, 0.1) is 4.88 Å². The maximum absolute atomic E-state index is 11.2. The number of hydrogen-bond acceptors (Lipinski definition) is 3. The molecule has 0 amide bonds. The van der Waals surface area contributed by atoms with Gasteiger partial charge in [-0.25, -0.2) is 0 Å². The zero-order chi connectivity index (χ0) is 17.2. The van der Waals surface area contributed by atoms with E-state index in [0.717, 1.165) is 17.6 Å². The second kappa shape index (κ2) is 10.8. The number of aryl methyl sites for hydroxylation is 2. The van der Waals surface area contributed by atoms with E-state index in [-0.39, 0.29) is 0 Å². The third kappa shape index (κ3) is 5.86. The highest BCUT2D eigenvalue weighted by atomic mass is 32.1. The van der Waals surface area contributed by atoms with Gasteiger partial charge in [-0.15, -0.1) is 22.7 Å². The molecule has 2 aromatic heterocycles. The average molecular weight is 363 g/mol. The first-order chi connectivity index (χ1) is 11.8. The molecule has 0 spiro atoms. The molecule has 132 valence electrons. The van der Waals surface area contributed by atoms with Crippen LogP contribution in [-0.2, 0) is 12.8 Å². The first-order valence-corrected chi connectivity index (χ1v) is 11.1. The fourth-order valence-corrected chi connectivity index (χ4v) is 5.23. The van der Waals surface area contributed by atoms with Crippen molar-refractivity contribution in [2.24, 2.45) is 0 Å². The zero-order valence-electron chi connectivity index (χ0n) is 15.1. The predicted octanol–water partition coefficient (Wildman–Crippen LogP) is 7.53. The van der Waals surface area contributed by atoms with Crippen LogP contribution >= 0.6 is 22.7 Å². The van der Waals surface area contributed by atoms with Gasteiger partial charge in [-0.05, 0) is 49.4 Å². The molecule has 0 unspecified atom stereocenters. The van der Waals surface area contributed by atoms with Gasteiger partial charge in [-0.3, -0.25) is 4.79 Å². The Morgan fingerprint density at radius 1 is 0.875 bits per heavy atom. The summed E-state index contributed by atoms with van der Waals surface area (Å²) in [6, 6.07) is 6.66. The summed E-state index contributed by atoms with van der Waals surface area (Å²) in [7, 11) is 0. The summed E-state index contributed by atoms with van der Waals surface area (Å²) in [6.07, 6.45) is 13.6. The molecule has 0 N–H and O–H groups in total. The maximum Gasteiger partial charge on any atom is 0.160 e. The molecule has 0 fully saturated rings. The van der Waals surface area contributed by atoms with Crippen molar-refractivity contribution >= 4 is 29.0 Å². The van der Waals surface area contributed by atoms with Crippen molar-refractivity contribution in [2.45, 2.75) is 78.1 Å². The molecule has 2 rings (SSSR count). The lowest BCUT2D eigenvalue weighted by atomic mass is 10.1. The summed E-state index contributed by atoms with van der Waals surface area (Å²) in [5.41, 5.74) is 1.37. The number of hydrogen-bond donors (Lipinski definition) is 0. The Hall–Kier alpha value is -0.930. The first-order valence-electron chi connectivity index (χ1n) is 9.45. The van der Waals surface area contributed by atoms with E-state index < -0.39 is 0 Å². The van der Waals surface area contributed by atoms with Gasteiger partial charge in [-0.2, -0.15) is 0 Å². The molecule has 24 heavy (non-hydrogen) atoms. The Morgan fingerprint density at radius 2 is 1.58 bits per heavy atom. The largest absolute Gasteiger partial charge is 0.297 e. The smallest absolute Gasteiger partial charge is 0.160 e. The summed E-state index contributed by atoms with van der Waals surface area (Å²) >= 11 is 3.58. The van der Waals surface area contributed by atoms with Gasteiger partial charge in [-0.1, -0.05) is 52.4 Å².